The number of ketones is 1. The van der Waals surface area contributed by atoms with Gasteiger partial charge in [0.15, 0.2) is 5.79 Å². The minimum Gasteiger partial charge on any atom is -0.462 e. The molecule has 4 heterocycles. The molecule has 5 aliphatic rings. The van der Waals surface area contributed by atoms with E-state index >= 15 is 0 Å². The first kappa shape index (κ1) is 33.0. The third kappa shape index (κ3) is 6.47. The van der Waals surface area contributed by atoms with Crippen LogP contribution in [0.5, 0.6) is 0 Å². The lowest BCUT2D eigenvalue weighted by Crippen LogP contribution is -2.59. The lowest BCUT2D eigenvalue weighted by molar-refractivity contribution is -0.319. The maximum absolute atomic E-state index is 14.0. The molecule has 44 heavy (non-hydrogen) atoms. The van der Waals surface area contributed by atoms with Crippen molar-refractivity contribution < 1.29 is 38.7 Å². The van der Waals surface area contributed by atoms with Gasteiger partial charge in [0, 0.05) is 18.8 Å². The number of fused-ring (bicyclic) bond motifs is 2. The van der Waals surface area contributed by atoms with Gasteiger partial charge in [-0.3, -0.25) is 9.59 Å². The van der Waals surface area contributed by atoms with Crippen LogP contribution in [-0.4, -0.2) is 70.5 Å². The highest BCUT2D eigenvalue weighted by Crippen LogP contribution is 2.47. The highest BCUT2D eigenvalue weighted by Gasteiger charge is 2.60. The molecule has 242 valence electrons. The molecule has 0 amide bonds. The summed E-state index contributed by atoms with van der Waals surface area (Å²) in [6.07, 6.45) is 10.4. The minimum absolute atomic E-state index is 0.0628. The summed E-state index contributed by atoms with van der Waals surface area (Å²) in [5.41, 5.74) is 1.52. The molecule has 0 aromatic heterocycles. The number of hydrogen-bond donors (Lipinski definition) is 2. The van der Waals surface area contributed by atoms with Crippen LogP contribution >= 0.6 is 0 Å². The number of esters is 1. The summed E-state index contributed by atoms with van der Waals surface area (Å²) in [6.45, 7) is 14.1. The summed E-state index contributed by atoms with van der Waals surface area (Å²) in [5, 5.41) is 23.0. The Morgan fingerprint density at radius 1 is 1.14 bits per heavy atom. The van der Waals surface area contributed by atoms with Crippen LogP contribution in [-0.2, 0) is 28.5 Å². The second-order valence-electron chi connectivity index (χ2n) is 14.2. The molecule has 0 radical (unpaired) electrons. The first-order valence-corrected chi connectivity index (χ1v) is 16.2. The highest BCUT2D eigenvalue weighted by molar-refractivity contribution is 5.83. The van der Waals surface area contributed by atoms with E-state index in [-0.39, 0.29) is 43.2 Å². The van der Waals surface area contributed by atoms with E-state index in [0.29, 0.717) is 29.9 Å². The number of ether oxygens (including phenoxy) is 4. The number of carbonyl (C=O) groups is 2. The number of aliphatic hydroxyl groups is 2. The zero-order chi connectivity index (χ0) is 32.0. The Morgan fingerprint density at radius 3 is 2.61 bits per heavy atom. The molecule has 0 saturated carbocycles. The van der Waals surface area contributed by atoms with Gasteiger partial charge in [-0.05, 0) is 62.2 Å². The Morgan fingerprint density at radius 2 is 1.89 bits per heavy atom. The maximum atomic E-state index is 14.0. The summed E-state index contributed by atoms with van der Waals surface area (Å²) in [7, 11) is 0. The predicted octanol–water partition coefficient (Wildman–Crippen LogP) is 5.30. The number of allylic oxidation sites excluding steroid dienone is 5. The van der Waals surface area contributed by atoms with Crippen LogP contribution in [0.25, 0.3) is 0 Å². The van der Waals surface area contributed by atoms with Crippen LogP contribution < -0.4 is 0 Å². The van der Waals surface area contributed by atoms with Crippen molar-refractivity contribution in [2.75, 3.05) is 6.61 Å². The third-order valence-corrected chi connectivity index (χ3v) is 9.91. The fraction of sp³-hybridized carbons (Fsp3) is 0.667. The standard InChI is InChI=1S/C36H50O8/c1-20(2)13-24(6)32-25(7)30(37)18-35(44-32)17-28-16-27(43-35)12-11-22(4)14-21(3)9-8-10-26-19-41-33-31(38)23(5)15-29(34(39)42-28)36(26,33)40/h8-11,13,15,20-21,25,27-29,31-33,38,40H,12,14,16-19H2,1-7H3. The molecule has 1 spiro atoms. The first-order valence-electron chi connectivity index (χ1n) is 16.2. The normalized spacial score (nSPS) is 42.0. The quantitative estimate of drug-likeness (QED) is 0.320. The van der Waals surface area contributed by atoms with Crippen LogP contribution in [0, 0.1) is 23.7 Å². The van der Waals surface area contributed by atoms with Gasteiger partial charge in [-0.25, -0.2) is 0 Å². The maximum Gasteiger partial charge on any atom is 0.316 e. The van der Waals surface area contributed by atoms with Crippen LogP contribution in [0.15, 0.2) is 58.7 Å². The largest absolute Gasteiger partial charge is 0.462 e. The van der Waals surface area contributed by atoms with E-state index in [0.717, 1.165) is 12.0 Å². The van der Waals surface area contributed by atoms with Crippen molar-refractivity contribution in [1.29, 1.82) is 0 Å². The van der Waals surface area contributed by atoms with E-state index in [1.54, 1.807) is 19.1 Å². The van der Waals surface area contributed by atoms with Crippen LogP contribution in [0.2, 0.25) is 0 Å². The topological polar surface area (TPSA) is 112 Å². The van der Waals surface area contributed by atoms with Crippen LogP contribution in [0.1, 0.15) is 80.6 Å². The van der Waals surface area contributed by atoms with Gasteiger partial charge in [0.05, 0.1) is 25.2 Å². The number of aliphatic hydroxyl groups excluding tert-OH is 1. The number of carbonyl (C=O) groups excluding carboxylic acids is 2. The molecule has 1 aliphatic carbocycles. The third-order valence-electron chi connectivity index (χ3n) is 9.91. The van der Waals surface area contributed by atoms with Gasteiger partial charge < -0.3 is 29.2 Å². The Bertz CT molecular complexity index is 1290. The monoisotopic (exact) mass is 610 g/mol. The highest BCUT2D eigenvalue weighted by atomic mass is 16.7. The van der Waals surface area contributed by atoms with Gasteiger partial charge >= 0.3 is 5.97 Å². The average Bonchev–Trinajstić information content (AvgIpc) is 3.27. The van der Waals surface area contributed by atoms with Crippen LogP contribution in [0.4, 0.5) is 0 Å². The molecule has 0 aromatic rings. The fourth-order valence-electron chi connectivity index (χ4n) is 7.69. The Hall–Kier alpha value is -2.36. The van der Waals surface area contributed by atoms with Gasteiger partial charge in [-0.1, -0.05) is 69.7 Å². The lowest BCUT2D eigenvalue weighted by Gasteiger charge is -2.49. The first-order chi connectivity index (χ1) is 20.7. The molecule has 10 atom stereocenters. The summed E-state index contributed by atoms with van der Waals surface area (Å²) in [5.74, 6) is -2.63. The fourth-order valence-corrected chi connectivity index (χ4v) is 7.69. The van der Waals surface area contributed by atoms with E-state index in [1.807, 2.05) is 19.9 Å². The molecule has 3 fully saturated rings. The van der Waals surface area contributed by atoms with Crippen molar-refractivity contribution in [3.05, 3.63) is 58.7 Å². The Kier molecular flexibility index (Phi) is 9.60. The minimum atomic E-state index is -1.75. The van der Waals surface area contributed by atoms with Gasteiger partial charge in [0.2, 0.25) is 0 Å². The molecular weight excluding hydrogens is 560 g/mol. The number of rotatable bonds is 2. The molecule has 8 nitrogen and oxygen atoms in total. The van der Waals surface area contributed by atoms with E-state index in [1.165, 1.54) is 5.57 Å². The van der Waals surface area contributed by atoms with E-state index in [9.17, 15) is 19.8 Å². The van der Waals surface area contributed by atoms with Gasteiger partial charge in [-0.15, -0.1) is 0 Å². The van der Waals surface area contributed by atoms with Crippen molar-refractivity contribution in [2.24, 2.45) is 23.7 Å². The lowest BCUT2D eigenvalue weighted by atomic mass is 9.71. The average molecular weight is 611 g/mol. The molecule has 8 heteroatoms. The molecule has 0 aromatic carbocycles. The zero-order valence-electron chi connectivity index (χ0n) is 27.2. The van der Waals surface area contributed by atoms with Crippen LogP contribution in [0.3, 0.4) is 0 Å². The number of Topliss-reactive ketones (excluding diaryl/α,β-unsaturated/α-hetero) is 1. The van der Waals surface area contributed by atoms with E-state index in [4.69, 9.17) is 18.9 Å². The Balaban J connectivity index is 1.53. The SMILES string of the molecule is CC1=CCC2CC(CC3(CC(=O)C(C)C(C(C)=CC(C)C)O3)O2)OC(=O)C2C=C(C)C(O)C3OCC(=CC=CC(C)C1)C23O. The number of hydrogen-bond acceptors (Lipinski definition) is 8. The smallest absolute Gasteiger partial charge is 0.316 e. The molecule has 2 bridgehead atoms. The van der Waals surface area contributed by atoms with Crippen molar-refractivity contribution in [2.45, 2.75) is 122 Å². The summed E-state index contributed by atoms with van der Waals surface area (Å²) < 4.78 is 25.5. The van der Waals surface area contributed by atoms with E-state index in [2.05, 4.69) is 45.9 Å². The summed E-state index contributed by atoms with van der Waals surface area (Å²) >= 11 is 0. The van der Waals surface area contributed by atoms with Gasteiger partial charge in [0.25, 0.3) is 0 Å². The molecule has 2 N–H and O–H groups in total. The summed E-state index contributed by atoms with van der Waals surface area (Å²) in [6, 6.07) is 0. The van der Waals surface area contributed by atoms with E-state index < -0.39 is 47.7 Å². The van der Waals surface area contributed by atoms with Crippen molar-refractivity contribution in [1.82, 2.24) is 0 Å². The van der Waals surface area contributed by atoms with Crippen molar-refractivity contribution in [3.8, 4) is 0 Å². The van der Waals surface area contributed by atoms with Gasteiger partial charge in [0.1, 0.15) is 35.6 Å². The molecule has 4 aliphatic heterocycles. The molecule has 3 saturated heterocycles. The molecule has 5 rings (SSSR count). The van der Waals surface area contributed by atoms with Gasteiger partial charge in [-0.2, -0.15) is 0 Å². The zero-order valence-corrected chi connectivity index (χ0v) is 27.2. The summed E-state index contributed by atoms with van der Waals surface area (Å²) in [4.78, 5) is 27.5. The second-order valence-corrected chi connectivity index (χ2v) is 14.2. The van der Waals surface area contributed by atoms with Crippen molar-refractivity contribution >= 4 is 11.8 Å². The predicted molar refractivity (Wildman–Crippen MR) is 166 cm³/mol. The molecule has 10 unspecified atom stereocenters. The molecular formula is C36H50O8. The van der Waals surface area contributed by atoms with Crippen molar-refractivity contribution in [3.63, 3.8) is 0 Å². The second kappa shape index (κ2) is 12.8. The Labute approximate surface area is 261 Å².